The number of hydrogen-bond donors (Lipinski definition) is 0. The molecule has 1 fully saturated rings. The SMILES string of the molecule is COc1ccc(OCCOC(=O)Cc2ccc(N3CCCC3=O)cc2)cc1. The van der Waals surface area contributed by atoms with E-state index >= 15 is 0 Å². The molecule has 0 bridgehead atoms. The number of nitrogens with zero attached hydrogens (tertiary/aromatic N) is 1. The molecule has 0 atom stereocenters. The maximum absolute atomic E-state index is 11.9. The van der Waals surface area contributed by atoms with Crippen LogP contribution in [-0.4, -0.2) is 38.7 Å². The molecular weight excluding hydrogens is 346 g/mol. The van der Waals surface area contributed by atoms with Crippen LogP contribution in [0.3, 0.4) is 0 Å². The summed E-state index contributed by atoms with van der Waals surface area (Å²) in [5.41, 5.74) is 1.73. The summed E-state index contributed by atoms with van der Waals surface area (Å²) in [6, 6.07) is 14.7. The summed E-state index contributed by atoms with van der Waals surface area (Å²) >= 11 is 0. The molecule has 0 N–H and O–H groups in total. The number of carbonyl (C=O) groups is 2. The van der Waals surface area contributed by atoms with Crippen molar-refractivity contribution in [1.29, 1.82) is 0 Å². The number of esters is 1. The van der Waals surface area contributed by atoms with Crippen molar-refractivity contribution in [2.45, 2.75) is 19.3 Å². The Morgan fingerprint density at radius 2 is 1.70 bits per heavy atom. The lowest BCUT2D eigenvalue weighted by atomic mass is 10.1. The van der Waals surface area contributed by atoms with E-state index in [0.717, 1.165) is 30.0 Å². The third kappa shape index (κ3) is 5.23. The second-order valence-electron chi connectivity index (χ2n) is 6.24. The van der Waals surface area contributed by atoms with Crippen LogP contribution in [0.1, 0.15) is 18.4 Å². The zero-order chi connectivity index (χ0) is 19.1. The second kappa shape index (κ2) is 9.07. The Labute approximate surface area is 158 Å². The van der Waals surface area contributed by atoms with Crippen molar-refractivity contribution in [2.75, 3.05) is 31.8 Å². The molecule has 1 saturated heterocycles. The number of anilines is 1. The van der Waals surface area contributed by atoms with Crippen LogP contribution in [0.4, 0.5) is 5.69 Å². The third-order valence-corrected chi connectivity index (χ3v) is 4.34. The summed E-state index contributed by atoms with van der Waals surface area (Å²) in [5, 5.41) is 0. The van der Waals surface area contributed by atoms with Crippen LogP contribution in [0.25, 0.3) is 0 Å². The molecule has 0 spiro atoms. The van der Waals surface area contributed by atoms with Crippen LogP contribution in [0, 0.1) is 0 Å². The summed E-state index contributed by atoms with van der Waals surface area (Å²) in [7, 11) is 1.61. The highest BCUT2D eigenvalue weighted by atomic mass is 16.6. The number of methoxy groups -OCH3 is 1. The number of ether oxygens (including phenoxy) is 3. The van der Waals surface area contributed by atoms with Gasteiger partial charge in [0.25, 0.3) is 0 Å². The van der Waals surface area contributed by atoms with Gasteiger partial charge in [0, 0.05) is 18.7 Å². The van der Waals surface area contributed by atoms with Crippen LogP contribution in [0.15, 0.2) is 48.5 Å². The molecule has 1 amide bonds. The highest BCUT2D eigenvalue weighted by Gasteiger charge is 2.21. The topological polar surface area (TPSA) is 65.1 Å². The molecule has 0 aliphatic carbocycles. The standard InChI is InChI=1S/C21H23NO5/c1-25-18-8-10-19(11-9-18)26-13-14-27-21(24)15-16-4-6-17(7-5-16)22-12-2-3-20(22)23/h4-11H,2-3,12-15H2,1H3. The normalized spacial score (nSPS) is 13.5. The Morgan fingerprint density at radius 3 is 2.33 bits per heavy atom. The van der Waals surface area contributed by atoms with Gasteiger partial charge in [-0.1, -0.05) is 12.1 Å². The lowest BCUT2D eigenvalue weighted by molar-refractivity contribution is -0.143. The van der Waals surface area contributed by atoms with Crippen LogP contribution in [0.2, 0.25) is 0 Å². The average Bonchev–Trinajstić information content (AvgIpc) is 3.12. The molecular formula is C21H23NO5. The van der Waals surface area contributed by atoms with Crippen molar-refractivity contribution in [2.24, 2.45) is 0 Å². The first-order valence-electron chi connectivity index (χ1n) is 8.97. The summed E-state index contributed by atoms with van der Waals surface area (Å²) in [6.45, 7) is 1.23. The Balaban J connectivity index is 1.39. The fraction of sp³-hybridized carbons (Fsp3) is 0.333. The molecule has 1 aliphatic rings. The first-order chi connectivity index (χ1) is 13.2. The maximum Gasteiger partial charge on any atom is 0.310 e. The van der Waals surface area contributed by atoms with Crippen molar-refractivity contribution < 1.29 is 23.8 Å². The number of carbonyl (C=O) groups excluding carboxylic acids is 2. The Bertz CT molecular complexity index is 770. The molecule has 0 saturated carbocycles. The predicted octanol–water partition coefficient (Wildman–Crippen LogP) is 2.99. The first kappa shape index (κ1) is 18.8. The smallest absolute Gasteiger partial charge is 0.310 e. The molecule has 2 aromatic carbocycles. The predicted molar refractivity (Wildman–Crippen MR) is 101 cm³/mol. The molecule has 0 radical (unpaired) electrons. The van der Waals surface area contributed by atoms with Gasteiger partial charge in [-0.15, -0.1) is 0 Å². The van der Waals surface area contributed by atoms with Gasteiger partial charge in [0.2, 0.25) is 5.91 Å². The van der Waals surface area contributed by atoms with Gasteiger partial charge in [-0.3, -0.25) is 9.59 Å². The van der Waals surface area contributed by atoms with Crippen molar-refractivity contribution in [1.82, 2.24) is 0 Å². The molecule has 27 heavy (non-hydrogen) atoms. The van der Waals surface area contributed by atoms with E-state index in [1.54, 1.807) is 36.3 Å². The van der Waals surface area contributed by atoms with Gasteiger partial charge in [-0.05, 0) is 48.4 Å². The zero-order valence-corrected chi connectivity index (χ0v) is 15.3. The molecule has 1 heterocycles. The fourth-order valence-electron chi connectivity index (χ4n) is 2.92. The molecule has 0 aromatic heterocycles. The molecule has 3 rings (SSSR count). The van der Waals surface area contributed by atoms with Crippen molar-refractivity contribution in [3.05, 3.63) is 54.1 Å². The number of amides is 1. The van der Waals surface area contributed by atoms with Gasteiger partial charge in [-0.2, -0.15) is 0 Å². The summed E-state index contributed by atoms with van der Waals surface area (Å²) < 4.78 is 15.8. The molecule has 2 aromatic rings. The van der Waals surface area contributed by atoms with Gasteiger partial charge in [0.15, 0.2) is 0 Å². The molecule has 142 valence electrons. The van der Waals surface area contributed by atoms with Gasteiger partial charge in [0.1, 0.15) is 24.7 Å². The highest BCUT2D eigenvalue weighted by molar-refractivity contribution is 5.95. The van der Waals surface area contributed by atoms with E-state index < -0.39 is 0 Å². The van der Waals surface area contributed by atoms with E-state index in [0.29, 0.717) is 12.2 Å². The fourth-order valence-corrected chi connectivity index (χ4v) is 2.92. The van der Waals surface area contributed by atoms with E-state index in [-0.39, 0.29) is 31.5 Å². The highest BCUT2D eigenvalue weighted by Crippen LogP contribution is 2.22. The minimum atomic E-state index is -0.307. The number of hydrogen-bond acceptors (Lipinski definition) is 5. The van der Waals surface area contributed by atoms with Gasteiger partial charge < -0.3 is 19.1 Å². The number of benzene rings is 2. The Kier molecular flexibility index (Phi) is 6.30. The van der Waals surface area contributed by atoms with Crippen LogP contribution in [0.5, 0.6) is 11.5 Å². The van der Waals surface area contributed by atoms with E-state index in [9.17, 15) is 9.59 Å². The lowest BCUT2D eigenvalue weighted by Gasteiger charge is -2.15. The van der Waals surface area contributed by atoms with Crippen molar-refractivity contribution >= 4 is 17.6 Å². The van der Waals surface area contributed by atoms with Crippen LogP contribution in [-0.2, 0) is 20.7 Å². The Hall–Kier alpha value is -3.02. The van der Waals surface area contributed by atoms with Crippen LogP contribution >= 0.6 is 0 Å². The van der Waals surface area contributed by atoms with E-state index in [2.05, 4.69) is 0 Å². The lowest BCUT2D eigenvalue weighted by Crippen LogP contribution is -2.23. The van der Waals surface area contributed by atoms with E-state index in [1.165, 1.54) is 0 Å². The van der Waals surface area contributed by atoms with Crippen molar-refractivity contribution in [3.8, 4) is 11.5 Å². The van der Waals surface area contributed by atoms with E-state index in [4.69, 9.17) is 14.2 Å². The summed E-state index contributed by atoms with van der Waals surface area (Å²) in [6.07, 6.45) is 1.69. The minimum Gasteiger partial charge on any atom is -0.497 e. The zero-order valence-electron chi connectivity index (χ0n) is 15.3. The largest absolute Gasteiger partial charge is 0.497 e. The Morgan fingerprint density at radius 1 is 1.00 bits per heavy atom. The van der Waals surface area contributed by atoms with Gasteiger partial charge >= 0.3 is 5.97 Å². The molecule has 6 nitrogen and oxygen atoms in total. The van der Waals surface area contributed by atoms with Gasteiger partial charge in [0.05, 0.1) is 13.5 Å². The summed E-state index contributed by atoms with van der Waals surface area (Å²) in [5.74, 6) is 1.30. The first-order valence-corrected chi connectivity index (χ1v) is 8.97. The molecule has 1 aliphatic heterocycles. The quantitative estimate of drug-likeness (QED) is 0.529. The van der Waals surface area contributed by atoms with Crippen molar-refractivity contribution in [3.63, 3.8) is 0 Å². The summed E-state index contributed by atoms with van der Waals surface area (Å²) in [4.78, 5) is 25.5. The average molecular weight is 369 g/mol. The van der Waals surface area contributed by atoms with Gasteiger partial charge in [-0.25, -0.2) is 0 Å². The molecule has 6 heteroatoms. The minimum absolute atomic E-state index is 0.152. The monoisotopic (exact) mass is 369 g/mol. The van der Waals surface area contributed by atoms with Crippen LogP contribution < -0.4 is 14.4 Å². The third-order valence-electron chi connectivity index (χ3n) is 4.34. The number of rotatable bonds is 8. The van der Waals surface area contributed by atoms with E-state index in [1.807, 2.05) is 24.3 Å². The molecule has 0 unspecified atom stereocenters. The second-order valence-corrected chi connectivity index (χ2v) is 6.24. The maximum atomic E-state index is 11.9.